The van der Waals surface area contributed by atoms with Gasteiger partial charge in [-0.1, -0.05) is 15.9 Å². The maximum Gasteiger partial charge on any atom is 0.416 e. The van der Waals surface area contributed by atoms with E-state index in [0.29, 0.717) is 6.07 Å². The average molecular weight is 286 g/mol. The lowest BCUT2D eigenvalue weighted by atomic mass is 10.1. The highest BCUT2D eigenvalue weighted by Gasteiger charge is 2.32. The lowest BCUT2D eigenvalue weighted by Crippen LogP contribution is -2.06. The van der Waals surface area contributed by atoms with Crippen LogP contribution in [0, 0.1) is 0 Å². The molecule has 0 unspecified atom stereocenters. The van der Waals surface area contributed by atoms with E-state index in [1.54, 1.807) is 0 Å². The fourth-order valence-corrected chi connectivity index (χ4v) is 1.58. The van der Waals surface area contributed by atoms with Crippen LogP contribution in [0.2, 0.25) is 0 Å². The molecule has 15 heavy (non-hydrogen) atoms. The molecule has 0 aliphatic rings. The molecule has 0 spiro atoms. The van der Waals surface area contributed by atoms with Gasteiger partial charge in [0.2, 0.25) is 0 Å². The van der Waals surface area contributed by atoms with E-state index < -0.39 is 17.5 Å². The molecule has 0 saturated carbocycles. The van der Waals surface area contributed by atoms with Crippen molar-refractivity contribution in [2.24, 2.45) is 5.90 Å². The Morgan fingerprint density at radius 3 is 2.40 bits per heavy atom. The van der Waals surface area contributed by atoms with Crippen LogP contribution in [0.5, 0.6) is 5.75 Å². The topological polar surface area (TPSA) is 55.5 Å². The van der Waals surface area contributed by atoms with Gasteiger partial charge in [0.25, 0.3) is 0 Å². The summed E-state index contributed by atoms with van der Waals surface area (Å²) in [6.07, 6.45) is -4.50. The second-order valence-corrected chi connectivity index (χ2v) is 3.62. The van der Waals surface area contributed by atoms with E-state index in [0.717, 1.165) is 6.07 Å². The van der Waals surface area contributed by atoms with Crippen molar-refractivity contribution in [1.29, 1.82) is 0 Å². The van der Waals surface area contributed by atoms with Crippen LogP contribution in [0.4, 0.5) is 13.2 Å². The Morgan fingerprint density at radius 2 is 2.00 bits per heavy atom. The summed E-state index contributed by atoms with van der Waals surface area (Å²) in [6, 6.07) is 1.48. The predicted octanol–water partition coefficient (Wildman–Crippen LogP) is 2.56. The smallest absolute Gasteiger partial charge is 0.416 e. The van der Waals surface area contributed by atoms with E-state index in [1.807, 2.05) is 0 Å². The average Bonchev–Trinajstić information content (AvgIpc) is 2.09. The second kappa shape index (κ2) is 4.38. The van der Waals surface area contributed by atoms with Crippen molar-refractivity contribution in [3.63, 3.8) is 0 Å². The van der Waals surface area contributed by atoms with Gasteiger partial charge in [0.1, 0.15) is 5.75 Å². The van der Waals surface area contributed by atoms with Crippen LogP contribution in [0.1, 0.15) is 11.1 Å². The zero-order valence-electron chi connectivity index (χ0n) is 7.31. The number of halogens is 4. The summed E-state index contributed by atoms with van der Waals surface area (Å²) in [4.78, 5) is 4.24. The molecule has 3 N–H and O–H groups in total. The first kappa shape index (κ1) is 12.3. The first-order valence-electron chi connectivity index (χ1n) is 3.76. The first-order valence-corrected chi connectivity index (χ1v) is 4.56. The number of hydrogen-bond acceptors (Lipinski definition) is 3. The molecule has 0 saturated heterocycles. The van der Waals surface area contributed by atoms with Crippen molar-refractivity contribution in [3.05, 3.63) is 27.7 Å². The van der Waals surface area contributed by atoms with Crippen LogP contribution in [0.3, 0.4) is 0 Å². The van der Waals surface area contributed by atoms with Crippen LogP contribution < -0.4 is 5.90 Å². The van der Waals surface area contributed by atoms with Gasteiger partial charge in [-0.2, -0.15) is 13.2 Å². The molecule has 0 amide bonds. The van der Waals surface area contributed by atoms with E-state index in [-0.39, 0.29) is 16.6 Å². The molecule has 0 aliphatic carbocycles. The van der Waals surface area contributed by atoms with Gasteiger partial charge in [0.15, 0.2) is 0 Å². The van der Waals surface area contributed by atoms with Crippen molar-refractivity contribution in [2.75, 3.05) is 0 Å². The number of alkyl halides is 3. The summed E-state index contributed by atoms with van der Waals surface area (Å²) >= 11 is 2.90. The maximum absolute atomic E-state index is 12.3. The molecule has 7 heteroatoms. The summed E-state index contributed by atoms with van der Waals surface area (Å²) in [6.45, 7) is -0.176. The fourth-order valence-electron chi connectivity index (χ4n) is 1.01. The summed E-state index contributed by atoms with van der Waals surface area (Å²) in [5.74, 6) is 4.26. The Kier molecular flexibility index (Phi) is 3.58. The maximum atomic E-state index is 12.3. The number of hydrogen-bond donors (Lipinski definition) is 2. The molecule has 0 aliphatic heterocycles. The molecule has 0 bridgehead atoms. The minimum absolute atomic E-state index is 0.0975. The molecule has 1 aromatic carbocycles. The van der Waals surface area contributed by atoms with Gasteiger partial charge in [0, 0.05) is 10.0 Å². The minimum atomic E-state index is -4.50. The van der Waals surface area contributed by atoms with Crippen molar-refractivity contribution < 1.29 is 23.1 Å². The lowest BCUT2D eigenvalue weighted by Gasteiger charge is -2.11. The first-order chi connectivity index (χ1) is 6.86. The van der Waals surface area contributed by atoms with Crippen LogP contribution in [-0.4, -0.2) is 5.11 Å². The molecule has 0 aromatic heterocycles. The van der Waals surface area contributed by atoms with Gasteiger partial charge < -0.3 is 5.11 Å². The van der Waals surface area contributed by atoms with Crippen LogP contribution in [0.25, 0.3) is 0 Å². The summed E-state index contributed by atoms with van der Waals surface area (Å²) in [5.41, 5.74) is -0.766. The quantitative estimate of drug-likeness (QED) is 0.821. The molecular formula is C8H7BrF3NO2. The molecule has 84 valence electrons. The molecule has 3 nitrogen and oxygen atoms in total. The van der Waals surface area contributed by atoms with Crippen LogP contribution in [-0.2, 0) is 17.6 Å². The highest BCUT2D eigenvalue weighted by Crippen LogP contribution is 2.36. The van der Waals surface area contributed by atoms with Crippen LogP contribution >= 0.6 is 15.9 Å². The SMILES string of the molecule is NOCc1c(O)cc(C(F)(F)F)cc1Br. The largest absolute Gasteiger partial charge is 0.508 e. The Labute approximate surface area is 91.7 Å². The monoisotopic (exact) mass is 285 g/mol. The molecule has 0 heterocycles. The number of nitrogens with two attached hydrogens (primary N) is 1. The molecule has 1 rings (SSSR count). The molecule has 0 atom stereocenters. The molecule has 0 radical (unpaired) electrons. The van der Waals surface area contributed by atoms with Gasteiger partial charge in [-0.15, -0.1) is 0 Å². The zero-order valence-corrected chi connectivity index (χ0v) is 8.89. The van der Waals surface area contributed by atoms with Gasteiger partial charge in [-0.05, 0) is 12.1 Å². The van der Waals surface area contributed by atoms with Crippen molar-refractivity contribution in [3.8, 4) is 5.75 Å². The van der Waals surface area contributed by atoms with E-state index in [9.17, 15) is 18.3 Å². The number of phenolic OH excluding ortho intramolecular Hbond substituents is 1. The van der Waals surface area contributed by atoms with Crippen molar-refractivity contribution >= 4 is 15.9 Å². The number of aromatic hydroxyl groups is 1. The normalized spacial score (nSPS) is 11.8. The standard InChI is InChI=1S/C8H7BrF3NO2/c9-6-1-4(8(10,11)12)2-7(14)5(6)3-15-13/h1-2,14H,3,13H2. The zero-order chi connectivity index (χ0) is 11.6. The van der Waals surface area contributed by atoms with Crippen molar-refractivity contribution in [1.82, 2.24) is 0 Å². The van der Waals surface area contributed by atoms with Gasteiger partial charge in [0.05, 0.1) is 12.2 Å². The lowest BCUT2D eigenvalue weighted by molar-refractivity contribution is -0.137. The van der Waals surface area contributed by atoms with Gasteiger partial charge in [-0.25, -0.2) is 5.90 Å². The van der Waals surface area contributed by atoms with Gasteiger partial charge >= 0.3 is 6.18 Å². The highest BCUT2D eigenvalue weighted by atomic mass is 79.9. The van der Waals surface area contributed by atoms with E-state index in [1.165, 1.54) is 0 Å². The Bertz CT molecular complexity index is 344. The third-order valence-corrected chi connectivity index (χ3v) is 2.43. The Hall–Kier alpha value is -0.790. The molecule has 0 fully saturated rings. The van der Waals surface area contributed by atoms with Gasteiger partial charge in [-0.3, -0.25) is 4.84 Å². The number of benzene rings is 1. The number of rotatable bonds is 2. The molecule has 1 aromatic rings. The second-order valence-electron chi connectivity index (χ2n) is 2.76. The summed E-state index contributed by atoms with van der Waals surface area (Å²) < 4.78 is 36.9. The summed E-state index contributed by atoms with van der Waals surface area (Å²) in [5, 5.41) is 9.30. The van der Waals surface area contributed by atoms with E-state index >= 15 is 0 Å². The fraction of sp³-hybridized carbons (Fsp3) is 0.250. The Balaban J connectivity index is 3.19. The number of phenols is 1. The van der Waals surface area contributed by atoms with E-state index in [2.05, 4.69) is 20.8 Å². The van der Waals surface area contributed by atoms with Crippen molar-refractivity contribution in [2.45, 2.75) is 12.8 Å². The summed E-state index contributed by atoms with van der Waals surface area (Å²) in [7, 11) is 0. The van der Waals surface area contributed by atoms with Crippen LogP contribution in [0.15, 0.2) is 16.6 Å². The third-order valence-electron chi connectivity index (χ3n) is 1.73. The van der Waals surface area contributed by atoms with E-state index in [4.69, 9.17) is 5.90 Å². The highest BCUT2D eigenvalue weighted by molar-refractivity contribution is 9.10. The predicted molar refractivity (Wildman–Crippen MR) is 49.8 cm³/mol. The minimum Gasteiger partial charge on any atom is -0.508 e. The third kappa shape index (κ3) is 2.83. The Morgan fingerprint density at radius 1 is 1.40 bits per heavy atom. The molecular weight excluding hydrogens is 279 g/mol.